The van der Waals surface area contributed by atoms with E-state index in [1.54, 1.807) is 12.4 Å². The molecule has 5 nitrogen and oxygen atoms in total. The predicted octanol–water partition coefficient (Wildman–Crippen LogP) is 2.42. The molecule has 1 aliphatic rings. The van der Waals surface area contributed by atoms with E-state index < -0.39 is 0 Å². The molecular formula is C17H23N5. The molecule has 0 bridgehead atoms. The van der Waals surface area contributed by atoms with Crippen molar-refractivity contribution in [2.75, 3.05) is 11.9 Å². The number of nitrogens with one attached hydrogen (secondary N) is 1. The number of hydrogen-bond acceptors (Lipinski definition) is 5. The van der Waals surface area contributed by atoms with Crippen molar-refractivity contribution in [3.63, 3.8) is 0 Å². The zero-order valence-electron chi connectivity index (χ0n) is 13.2. The molecule has 2 aromatic rings. The Hall–Kier alpha value is -2.01. The van der Waals surface area contributed by atoms with Gasteiger partial charge in [0.05, 0.1) is 0 Å². The molecule has 0 amide bonds. The third-order valence-electron chi connectivity index (χ3n) is 4.23. The Morgan fingerprint density at radius 1 is 1.18 bits per heavy atom. The molecule has 2 heterocycles. The summed E-state index contributed by atoms with van der Waals surface area (Å²) < 4.78 is 0. The fraction of sp³-hybridized carbons (Fsp3) is 0.471. The summed E-state index contributed by atoms with van der Waals surface area (Å²) in [5.41, 5.74) is 9.57. The summed E-state index contributed by atoms with van der Waals surface area (Å²) in [6, 6.07) is 4.01. The third-order valence-corrected chi connectivity index (χ3v) is 4.23. The fourth-order valence-corrected chi connectivity index (χ4v) is 2.66. The van der Waals surface area contributed by atoms with E-state index in [1.807, 2.05) is 12.1 Å². The van der Waals surface area contributed by atoms with E-state index in [-0.39, 0.29) is 6.04 Å². The predicted molar refractivity (Wildman–Crippen MR) is 88.6 cm³/mol. The second-order valence-electron chi connectivity index (χ2n) is 6.20. The Morgan fingerprint density at radius 2 is 1.95 bits per heavy atom. The van der Waals surface area contributed by atoms with Gasteiger partial charge >= 0.3 is 0 Å². The van der Waals surface area contributed by atoms with Gasteiger partial charge in [-0.2, -0.15) is 0 Å². The Balaban J connectivity index is 1.90. The second-order valence-corrected chi connectivity index (χ2v) is 6.20. The Bertz CT molecular complexity index is 639. The Morgan fingerprint density at radius 3 is 2.68 bits per heavy atom. The topological polar surface area (TPSA) is 76.7 Å². The van der Waals surface area contributed by atoms with Gasteiger partial charge in [-0.25, -0.2) is 9.97 Å². The standard InChI is InChI=1S/C17H23N5/c1-11(2)14(18)10-20-17-13-4-3-5-15(13)21-16(22-17)12-6-8-19-9-7-12/h6-9,11,14H,3-5,10,18H2,1-2H3,(H,20,21,22). The van der Waals surface area contributed by atoms with Gasteiger partial charge in [-0.1, -0.05) is 13.8 Å². The molecule has 5 heteroatoms. The van der Waals surface area contributed by atoms with Gasteiger partial charge in [0.15, 0.2) is 5.82 Å². The van der Waals surface area contributed by atoms with Crippen molar-refractivity contribution in [3.05, 3.63) is 35.8 Å². The highest BCUT2D eigenvalue weighted by Crippen LogP contribution is 2.29. The van der Waals surface area contributed by atoms with Gasteiger partial charge in [0.1, 0.15) is 5.82 Å². The number of pyridine rings is 1. The largest absolute Gasteiger partial charge is 0.368 e. The van der Waals surface area contributed by atoms with E-state index in [4.69, 9.17) is 15.7 Å². The number of aromatic nitrogens is 3. The quantitative estimate of drug-likeness (QED) is 0.886. The van der Waals surface area contributed by atoms with E-state index in [9.17, 15) is 0 Å². The minimum absolute atomic E-state index is 0.122. The van der Waals surface area contributed by atoms with Crippen molar-refractivity contribution < 1.29 is 0 Å². The molecule has 3 N–H and O–H groups in total. The molecule has 22 heavy (non-hydrogen) atoms. The van der Waals surface area contributed by atoms with Crippen LogP contribution in [-0.2, 0) is 12.8 Å². The lowest BCUT2D eigenvalue weighted by Gasteiger charge is -2.18. The van der Waals surface area contributed by atoms with Crippen molar-refractivity contribution in [3.8, 4) is 11.4 Å². The lowest BCUT2D eigenvalue weighted by atomic mass is 10.1. The van der Waals surface area contributed by atoms with Crippen molar-refractivity contribution in [1.82, 2.24) is 15.0 Å². The Kier molecular flexibility index (Phi) is 4.34. The molecule has 1 unspecified atom stereocenters. The maximum Gasteiger partial charge on any atom is 0.161 e. The van der Waals surface area contributed by atoms with Crippen LogP contribution >= 0.6 is 0 Å². The van der Waals surface area contributed by atoms with E-state index in [0.29, 0.717) is 5.92 Å². The summed E-state index contributed by atoms with van der Waals surface area (Å²) in [7, 11) is 0. The van der Waals surface area contributed by atoms with Crippen molar-refractivity contribution in [2.24, 2.45) is 11.7 Å². The monoisotopic (exact) mass is 297 g/mol. The van der Waals surface area contributed by atoms with Crippen LogP contribution in [0, 0.1) is 5.92 Å². The molecule has 0 spiro atoms. The van der Waals surface area contributed by atoms with Gasteiger partial charge < -0.3 is 11.1 Å². The zero-order chi connectivity index (χ0) is 15.5. The molecule has 116 valence electrons. The molecule has 0 aromatic carbocycles. The molecule has 0 saturated heterocycles. The van der Waals surface area contributed by atoms with E-state index >= 15 is 0 Å². The van der Waals surface area contributed by atoms with E-state index in [2.05, 4.69) is 24.1 Å². The number of nitrogens with two attached hydrogens (primary N) is 1. The molecule has 0 fully saturated rings. The van der Waals surface area contributed by atoms with Crippen molar-refractivity contribution in [1.29, 1.82) is 0 Å². The number of nitrogens with zero attached hydrogens (tertiary/aromatic N) is 3. The van der Waals surface area contributed by atoms with Crippen LogP contribution in [0.25, 0.3) is 11.4 Å². The summed E-state index contributed by atoms with van der Waals surface area (Å²) in [5, 5.41) is 3.44. The molecule has 3 rings (SSSR count). The summed E-state index contributed by atoms with van der Waals surface area (Å²) >= 11 is 0. The fourth-order valence-electron chi connectivity index (χ4n) is 2.66. The lowest BCUT2D eigenvalue weighted by Crippen LogP contribution is -2.34. The van der Waals surface area contributed by atoms with Crippen LogP contribution in [0.15, 0.2) is 24.5 Å². The summed E-state index contributed by atoms with van der Waals surface area (Å²) in [6.45, 7) is 5.01. The molecule has 0 saturated carbocycles. The minimum Gasteiger partial charge on any atom is -0.368 e. The van der Waals surface area contributed by atoms with Gasteiger partial charge in [-0.3, -0.25) is 4.98 Å². The maximum atomic E-state index is 6.14. The zero-order valence-corrected chi connectivity index (χ0v) is 13.2. The van der Waals surface area contributed by atoms with Crippen LogP contribution in [0.1, 0.15) is 31.5 Å². The first-order valence-corrected chi connectivity index (χ1v) is 7.95. The van der Waals surface area contributed by atoms with Crippen LogP contribution in [0.5, 0.6) is 0 Å². The van der Waals surface area contributed by atoms with Crippen molar-refractivity contribution in [2.45, 2.75) is 39.2 Å². The number of anilines is 1. The van der Waals surface area contributed by atoms with E-state index in [1.165, 1.54) is 11.3 Å². The van der Waals surface area contributed by atoms with Crippen LogP contribution in [0.4, 0.5) is 5.82 Å². The summed E-state index contributed by atoms with van der Waals surface area (Å²) in [4.78, 5) is 13.5. The van der Waals surface area contributed by atoms with E-state index in [0.717, 1.165) is 43.0 Å². The average molecular weight is 297 g/mol. The highest BCUT2D eigenvalue weighted by atomic mass is 15.1. The SMILES string of the molecule is CC(C)C(N)CNc1nc(-c2ccncc2)nc2c1CCC2. The van der Waals surface area contributed by atoms with Gasteiger partial charge in [0.2, 0.25) is 0 Å². The second kappa shape index (κ2) is 6.40. The van der Waals surface area contributed by atoms with Gasteiger partial charge in [-0.05, 0) is 37.3 Å². The number of fused-ring (bicyclic) bond motifs is 1. The first kappa shape index (κ1) is 14.9. The van der Waals surface area contributed by atoms with Crippen LogP contribution in [0.2, 0.25) is 0 Å². The molecular weight excluding hydrogens is 274 g/mol. The molecule has 0 radical (unpaired) electrons. The average Bonchev–Trinajstić information content (AvgIpc) is 3.01. The Labute approximate surface area is 131 Å². The van der Waals surface area contributed by atoms with Gasteiger partial charge in [-0.15, -0.1) is 0 Å². The van der Waals surface area contributed by atoms with Crippen LogP contribution in [0.3, 0.4) is 0 Å². The van der Waals surface area contributed by atoms with Gasteiger partial charge in [0.25, 0.3) is 0 Å². The number of aryl methyl sites for hydroxylation is 1. The molecule has 0 aliphatic heterocycles. The lowest BCUT2D eigenvalue weighted by molar-refractivity contribution is 0.511. The first-order chi connectivity index (χ1) is 10.6. The minimum atomic E-state index is 0.122. The smallest absolute Gasteiger partial charge is 0.161 e. The number of hydrogen-bond donors (Lipinski definition) is 2. The molecule has 1 atom stereocenters. The molecule has 2 aromatic heterocycles. The highest BCUT2D eigenvalue weighted by Gasteiger charge is 2.20. The first-order valence-electron chi connectivity index (χ1n) is 7.95. The maximum absolute atomic E-state index is 6.14. The van der Waals surface area contributed by atoms with Crippen LogP contribution in [-0.4, -0.2) is 27.5 Å². The van der Waals surface area contributed by atoms with Gasteiger partial charge in [0, 0.05) is 41.8 Å². The summed E-state index contributed by atoms with van der Waals surface area (Å²) in [6.07, 6.45) is 6.77. The summed E-state index contributed by atoms with van der Waals surface area (Å²) in [5.74, 6) is 2.16. The highest BCUT2D eigenvalue weighted by molar-refractivity contribution is 5.60. The third kappa shape index (κ3) is 3.09. The normalized spacial score (nSPS) is 14.9. The van der Waals surface area contributed by atoms with Crippen molar-refractivity contribution >= 4 is 5.82 Å². The van der Waals surface area contributed by atoms with Crippen LogP contribution < -0.4 is 11.1 Å². The number of rotatable bonds is 5. The molecule has 1 aliphatic carbocycles.